The maximum atomic E-state index is 12.6. The van der Waals surface area contributed by atoms with Gasteiger partial charge in [0.1, 0.15) is 0 Å². The van der Waals surface area contributed by atoms with E-state index >= 15 is 0 Å². The first-order chi connectivity index (χ1) is 10.1. The Morgan fingerprint density at radius 3 is 2.81 bits per heavy atom. The zero-order valence-electron chi connectivity index (χ0n) is 12.5. The smallest absolute Gasteiger partial charge is 0.254 e. The largest absolute Gasteiger partial charge is 0.378 e. The lowest BCUT2D eigenvalue weighted by Gasteiger charge is -2.32. The summed E-state index contributed by atoms with van der Waals surface area (Å²) in [6.45, 7) is 4.89. The van der Waals surface area contributed by atoms with Crippen molar-refractivity contribution in [3.63, 3.8) is 0 Å². The molecule has 1 aromatic rings. The molecule has 0 bridgehead atoms. The minimum Gasteiger partial charge on any atom is -0.378 e. The Bertz CT molecular complexity index is 485. The molecule has 21 heavy (non-hydrogen) atoms. The van der Waals surface area contributed by atoms with Gasteiger partial charge in [0.15, 0.2) is 0 Å². The number of nitrogens with zero attached hydrogens (tertiary/aromatic N) is 1. The normalized spacial score (nSPS) is 16.2. The van der Waals surface area contributed by atoms with Gasteiger partial charge in [-0.05, 0) is 50.4 Å². The van der Waals surface area contributed by atoms with E-state index in [1.807, 2.05) is 30.0 Å². The van der Waals surface area contributed by atoms with Crippen LogP contribution in [0.4, 0.5) is 0 Å². The number of halogens is 1. The number of hydrogen-bond donors (Lipinski definition) is 1. The van der Waals surface area contributed by atoms with Gasteiger partial charge < -0.3 is 15.4 Å². The monoisotopic (exact) mass is 354 g/mol. The van der Waals surface area contributed by atoms with E-state index in [2.05, 4.69) is 15.9 Å². The Balaban J connectivity index is 1.89. The fourth-order valence-electron chi connectivity index (χ4n) is 2.55. The van der Waals surface area contributed by atoms with E-state index in [0.29, 0.717) is 6.54 Å². The fourth-order valence-corrected chi connectivity index (χ4v) is 2.91. The molecule has 1 aliphatic rings. The summed E-state index contributed by atoms with van der Waals surface area (Å²) < 4.78 is 6.72. The van der Waals surface area contributed by atoms with Crippen LogP contribution in [0.15, 0.2) is 22.7 Å². The van der Waals surface area contributed by atoms with Crippen molar-refractivity contribution in [3.8, 4) is 0 Å². The third-order valence-electron chi connectivity index (χ3n) is 3.86. The lowest BCUT2D eigenvalue weighted by atomic mass is 10.0. The lowest BCUT2D eigenvalue weighted by Crippen LogP contribution is -2.41. The molecule has 0 spiro atoms. The van der Waals surface area contributed by atoms with Crippen LogP contribution in [0, 0.1) is 6.92 Å². The zero-order valence-corrected chi connectivity index (χ0v) is 14.1. The van der Waals surface area contributed by atoms with E-state index in [1.165, 1.54) is 0 Å². The van der Waals surface area contributed by atoms with Gasteiger partial charge in [-0.15, -0.1) is 0 Å². The molecule has 1 heterocycles. The van der Waals surface area contributed by atoms with Crippen LogP contribution in [0.25, 0.3) is 0 Å². The molecule has 2 rings (SSSR count). The second-order valence-electron chi connectivity index (χ2n) is 5.46. The van der Waals surface area contributed by atoms with Gasteiger partial charge >= 0.3 is 0 Å². The molecule has 1 amide bonds. The lowest BCUT2D eigenvalue weighted by molar-refractivity contribution is 0.00843. The second-order valence-corrected chi connectivity index (χ2v) is 6.38. The van der Waals surface area contributed by atoms with Crippen molar-refractivity contribution in [1.82, 2.24) is 4.90 Å². The van der Waals surface area contributed by atoms with E-state index in [1.54, 1.807) is 0 Å². The zero-order chi connectivity index (χ0) is 15.2. The van der Waals surface area contributed by atoms with Gasteiger partial charge in [-0.2, -0.15) is 0 Å². The molecule has 1 saturated heterocycles. The average Bonchev–Trinajstić information content (AvgIpc) is 2.50. The summed E-state index contributed by atoms with van der Waals surface area (Å²) in [6, 6.07) is 5.84. The number of hydrogen-bond acceptors (Lipinski definition) is 3. The number of likely N-dealkylation sites (tertiary alicyclic amines) is 1. The number of piperidine rings is 1. The SMILES string of the molecule is Cc1ccc(Br)cc1C(=O)N1CCC(OCCCN)CC1. The van der Waals surface area contributed by atoms with Gasteiger partial charge in [0, 0.05) is 29.7 Å². The second kappa shape index (κ2) is 7.92. The molecule has 2 N–H and O–H groups in total. The fraction of sp³-hybridized carbons (Fsp3) is 0.562. The van der Waals surface area contributed by atoms with Crippen LogP contribution in [-0.4, -0.2) is 43.2 Å². The highest BCUT2D eigenvalue weighted by atomic mass is 79.9. The summed E-state index contributed by atoms with van der Waals surface area (Å²) in [4.78, 5) is 14.5. The molecule has 5 heteroatoms. The van der Waals surface area contributed by atoms with E-state index in [9.17, 15) is 4.79 Å². The van der Waals surface area contributed by atoms with Crippen LogP contribution in [0.1, 0.15) is 35.2 Å². The van der Waals surface area contributed by atoms with Gasteiger partial charge in [-0.25, -0.2) is 0 Å². The summed E-state index contributed by atoms with van der Waals surface area (Å²) in [5.74, 6) is 0.120. The van der Waals surface area contributed by atoms with Gasteiger partial charge in [-0.1, -0.05) is 22.0 Å². The predicted octanol–water partition coefficient (Wildman–Crippen LogP) is 2.73. The molecule has 0 saturated carbocycles. The summed E-state index contributed by atoms with van der Waals surface area (Å²) in [7, 11) is 0. The minimum absolute atomic E-state index is 0.120. The number of carbonyl (C=O) groups excluding carboxylic acids is 1. The first-order valence-corrected chi connectivity index (χ1v) is 8.28. The van der Waals surface area contributed by atoms with Gasteiger partial charge in [0.05, 0.1) is 6.10 Å². The molecular formula is C16H23BrN2O2. The Hall–Kier alpha value is -0.910. The summed E-state index contributed by atoms with van der Waals surface area (Å²) in [5.41, 5.74) is 7.26. The van der Waals surface area contributed by atoms with E-state index in [0.717, 1.165) is 54.6 Å². The van der Waals surface area contributed by atoms with E-state index < -0.39 is 0 Å². The Kier molecular flexibility index (Phi) is 6.21. The number of rotatable bonds is 5. The van der Waals surface area contributed by atoms with Gasteiger partial charge in [0.2, 0.25) is 0 Å². The molecule has 0 aliphatic carbocycles. The third kappa shape index (κ3) is 4.53. The average molecular weight is 355 g/mol. The van der Waals surface area contributed by atoms with Crippen molar-refractivity contribution in [1.29, 1.82) is 0 Å². The number of amides is 1. The maximum absolute atomic E-state index is 12.6. The Labute approximate surface area is 134 Å². The topological polar surface area (TPSA) is 55.6 Å². The summed E-state index contributed by atoms with van der Waals surface area (Å²) >= 11 is 3.43. The number of carbonyl (C=O) groups is 1. The van der Waals surface area contributed by atoms with Gasteiger partial charge in [0.25, 0.3) is 5.91 Å². The van der Waals surface area contributed by atoms with Crippen LogP contribution in [0.3, 0.4) is 0 Å². The van der Waals surface area contributed by atoms with Crippen molar-refractivity contribution >= 4 is 21.8 Å². The third-order valence-corrected chi connectivity index (χ3v) is 4.35. The first-order valence-electron chi connectivity index (χ1n) is 7.49. The minimum atomic E-state index is 0.120. The molecule has 4 nitrogen and oxygen atoms in total. The summed E-state index contributed by atoms with van der Waals surface area (Å²) in [6.07, 6.45) is 2.98. The first kappa shape index (κ1) is 16.5. The van der Waals surface area contributed by atoms with Crippen molar-refractivity contribution in [3.05, 3.63) is 33.8 Å². The quantitative estimate of drug-likeness (QED) is 0.827. The number of aryl methyl sites for hydroxylation is 1. The molecule has 0 atom stereocenters. The maximum Gasteiger partial charge on any atom is 0.254 e. The van der Waals surface area contributed by atoms with E-state index in [4.69, 9.17) is 10.5 Å². The number of ether oxygens (including phenoxy) is 1. The van der Waals surface area contributed by atoms with Crippen LogP contribution in [-0.2, 0) is 4.74 Å². The standard InChI is InChI=1S/C16H23BrN2O2/c1-12-3-4-13(17)11-15(12)16(20)19-8-5-14(6-9-19)21-10-2-7-18/h3-4,11,14H,2,5-10,18H2,1H3. The number of benzene rings is 1. The molecule has 0 aromatic heterocycles. The summed E-state index contributed by atoms with van der Waals surface area (Å²) in [5, 5.41) is 0. The molecule has 116 valence electrons. The highest BCUT2D eigenvalue weighted by molar-refractivity contribution is 9.10. The van der Waals surface area contributed by atoms with Crippen molar-refractivity contribution < 1.29 is 9.53 Å². The molecule has 1 aromatic carbocycles. The van der Waals surface area contributed by atoms with Crippen molar-refractivity contribution in [2.75, 3.05) is 26.2 Å². The van der Waals surface area contributed by atoms with Crippen LogP contribution < -0.4 is 5.73 Å². The van der Waals surface area contributed by atoms with Crippen molar-refractivity contribution in [2.24, 2.45) is 5.73 Å². The molecule has 1 fully saturated rings. The number of nitrogens with two attached hydrogens (primary N) is 1. The molecular weight excluding hydrogens is 332 g/mol. The van der Waals surface area contributed by atoms with Crippen LogP contribution in [0.5, 0.6) is 0 Å². The highest BCUT2D eigenvalue weighted by Crippen LogP contribution is 2.21. The molecule has 0 radical (unpaired) electrons. The van der Waals surface area contributed by atoms with Crippen molar-refractivity contribution in [2.45, 2.75) is 32.3 Å². The predicted molar refractivity (Wildman–Crippen MR) is 87.4 cm³/mol. The van der Waals surface area contributed by atoms with Gasteiger partial charge in [-0.3, -0.25) is 4.79 Å². The van der Waals surface area contributed by atoms with Crippen LogP contribution in [0.2, 0.25) is 0 Å². The molecule has 1 aliphatic heterocycles. The Morgan fingerprint density at radius 2 is 2.14 bits per heavy atom. The van der Waals surface area contributed by atoms with E-state index in [-0.39, 0.29) is 12.0 Å². The molecule has 0 unspecified atom stereocenters. The Morgan fingerprint density at radius 1 is 1.43 bits per heavy atom. The highest BCUT2D eigenvalue weighted by Gasteiger charge is 2.24. The van der Waals surface area contributed by atoms with Crippen LogP contribution >= 0.6 is 15.9 Å².